The van der Waals surface area contributed by atoms with Crippen LogP contribution < -0.4 is 5.32 Å². The van der Waals surface area contributed by atoms with Gasteiger partial charge in [0.2, 0.25) is 0 Å². The summed E-state index contributed by atoms with van der Waals surface area (Å²) in [6.07, 6.45) is 0. The molecule has 1 aromatic carbocycles. The van der Waals surface area contributed by atoms with Crippen LogP contribution in [0.4, 0.5) is 5.82 Å². The molecule has 0 unspecified atom stereocenters. The van der Waals surface area contributed by atoms with Crippen LogP contribution >= 0.6 is 0 Å². The van der Waals surface area contributed by atoms with Crippen molar-refractivity contribution < 1.29 is 4.79 Å². The molecular weight excluding hydrogens is 240 g/mol. The van der Waals surface area contributed by atoms with Crippen LogP contribution in [0.1, 0.15) is 16.2 Å². The minimum atomic E-state index is -0.167. The molecule has 5 nitrogen and oxygen atoms in total. The Morgan fingerprint density at radius 3 is 2.79 bits per heavy atom. The van der Waals surface area contributed by atoms with Gasteiger partial charge in [-0.15, -0.1) is 0 Å². The summed E-state index contributed by atoms with van der Waals surface area (Å²) in [7, 11) is 1.80. The number of aromatic amines is 1. The molecule has 0 saturated heterocycles. The van der Waals surface area contributed by atoms with Crippen molar-refractivity contribution in [3.8, 4) is 0 Å². The fourth-order valence-corrected chi connectivity index (χ4v) is 2.11. The Morgan fingerprint density at radius 1 is 1.32 bits per heavy atom. The van der Waals surface area contributed by atoms with Crippen LogP contribution in [0.15, 0.2) is 36.4 Å². The van der Waals surface area contributed by atoms with Gasteiger partial charge in [0.1, 0.15) is 11.5 Å². The Kier molecular flexibility index (Phi) is 2.59. The summed E-state index contributed by atoms with van der Waals surface area (Å²) in [6, 6.07) is 11.5. The van der Waals surface area contributed by atoms with Gasteiger partial charge in [0.25, 0.3) is 5.91 Å². The van der Waals surface area contributed by atoms with Gasteiger partial charge in [0.05, 0.1) is 5.69 Å². The quantitative estimate of drug-likeness (QED) is 0.738. The molecule has 96 valence electrons. The Morgan fingerprint density at radius 2 is 2.11 bits per heavy atom. The van der Waals surface area contributed by atoms with E-state index in [9.17, 15) is 4.79 Å². The summed E-state index contributed by atoms with van der Waals surface area (Å²) in [5.41, 5.74) is 2.36. The second kappa shape index (κ2) is 4.28. The van der Waals surface area contributed by atoms with Crippen molar-refractivity contribution in [2.45, 2.75) is 6.92 Å². The molecule has 0 radical (unpaired) electrons. The molecule has 0 spiro atoms. The van der Waals surface area contributed by atoms with Crippen LogP contribution in [0.2, 0.25) is 0 Å². The third-order valence-electron chi connectivity index (χ3n) is 3.02. The van der Waals surface area contributed by atoms with Gasteiger partial charge < -0.3 is 10.3 Å². The molecule has 19 heavy (non-hydrogen) atoms. The number of aromatic nitrogens is 3. The zero-order valence-electron chi connectivity index (χ0n) is 10.8. The largest absolute Gasteiger partial charge is 0.351 e. The number of carbonyl (C=O) groups excluding carboxylic acids is 1. The third-order valence-corrected chi connectivity index (χ3v) is 3.02. The topological polar surface area (TPSA) is 62.7 Å². The van der Waals surface area contributed by atoms with Crippen LogP contribution in [0.3, 0.4) is 0 Å². The number of H-pyrrole nitrogens is 1. The van der Waals surface area contributed by atoms with Gasteiger partial charge in [-0.25, -0.2) is 0 Å². The number of rotatable bonds is 2. The zero-order valence-corrected chi connectivity index (χ0v) is 10.8. The first-order chi connectivity index (χ1) is 9.13. The molecule has 1 amide bonds. The maximum absolute atomic E-state index is 12.2. The van der Waals surface area contributed by atoms with Gasteiger partial charge in [0.15, 0.2) is 0 Å². The second-order valence-electron chi connectivity index (χ2n) is 4.52. The molecule has 0 aliphatic carbocycles. The molecule has 0 atom stereocenters. The van der Waals surface area contributed by atoms with E-state index < -0.39 is 0 Å². The number of para-hydroxylation sites is 1. The van der Waals surface area contributed by atoms with Gasteiger partial charge in [-0.3, -0.25) is 9.48 Å². The van der Waals surface area contributed by atoms with Crippen LogP contribution in [0.5, 0.6) is 0 Å². The van der Waals surface area contributed by atoms with E-state index in [1.807, 2.05) is 43.3 Å². The minimum absolute atomic E-state index is 0.167. The number of aryl methyl sites for hydroxylation is 2. The fourth-order valence-electron chi connectivity index (χ4n) is 2.11. The van der Waals surface area contributed by atoms with Crippen molar-refractivity contribution in [3.05, 3.63) is 47.8 Å². The lowest BCUT2D eigenvalue weighted by Crippen LogP contribution is -2.14. The molecule has 0 bridgehead atoms. The van der Waals surface area contributed by atoms with Crippen molar-refractivity contribution in [2.24, 2.45) is 7.05 Å². The van der Waals surface area contributed by atoms with E-state index in [1.54, 1.807) is 11.7 Å². The van der Waals surface area contributed by atoms with Crippen molar-refractivity contribution in [1.82, 2.24) is 14.8 Å². The van der Waals surface area contributed by atoms with Crippen molar-refractivity contribution in [1.29, 1.82) is 0 Å². The molecule has 5 heteroatoms. The van der Waals surface area contributed by atoms with Gasteiger partial charge in [-0.05, 0) is 19.1 Å². The number of hydrogen-bond donors (Lipinski definition) is 2. The number of anilines is 1. The van der Waals surface area contributed by atoms with Crippen LogP contribution in [-0.2, 0) is 7.05 Å². The maximum Gasteiger partial charge on any atom is 0.273 e. The average Bonchev–Trinajstić information content (AvgIpc) is 2.93. The molecule has 2 aromatic heterocycles. The maximum atomic E-state index is 12.2. The molecule has 0 aliphatic rings. The number of nitrogens with zero attached hydrogens (tertiary/aromatic N) is 2. The monoisotopic (exact) mass is 254 g/mol. The summed E-state index contributed by atoms with van der Waals surface area (Å²) in [4.78, 5) is 15.3. The molecule has 0 saturated carbocycles. The van der Waals surface area contributed by atoms with Gasteiger partial charge >= 0.3 is 0 Å². The van der Waals surface area contributed by atoms with Gasteiger partial charge in [-0.1, -0.05) is 18.2 Å². The van der Waals surface area contributed by atoms with Crippen molar-refractivity contribution in [3.63, 3.8) is 0 Å². The summed E-state index contributed by atoms with van der Waals surface area (Å²) in [5, 5.41) is 8.05. The molecule has 2 N–H and O–H groups in total. The number of hydrogen-bond acceptors (Lipinski definition) is 2. The van der Waals surface area contributed by atoms with E-state index in [2.05, 4.69) is 15.4 Å². The van der Waals surface area contributed by atoms with E-state index in [4.69, 9.17) is 0 Å². The smallest absolute Gasteiger partial charge is 0.273 e. The van der Waals surface area contributed by atoms with Crippen LogP contribution in [0, 0.1) is 6.92 Å². The first kappa shape index (κ1) is 11.5. The molecule has 0 aliphatic heterocycles. The summed E-state index contributed by atoms with van der Waals surface area (Å²) >= 11 is 0. The lowest BCUT2D eigenvalue weighted by Gasteiger charge is -2.02. The second-order valence-corrected chi connectivity index (χ2v) is 4.52. The summed E-state index contributed by atoms with van der Waals surface area (Å²) in [5.74, 6) is 0.514. The normalized spacial score (nSPS) is 10.8. The molecule has 2 heterocycles. The average molecular weight is 254 g/mol. The Hall–Kier alpha value is -2.56. The number of nitrogens with one attached hydrogen (secondary N) is 2. The highest BCUT2D eigenvalue weighted by Gasteiger charge is 2.11. The molecule has 0 fully saturated rings. The first-order valence-electron chi connectivity index (χ1n) is 6.03. The number of benzene rings is 1. The van der Waals surface area contributed by atoms with E-state index in [1.165, 1.54) is 0 Å². The van der Waals surface area contributed by atoms with Crippen molar-refractivity contribution in [2.75, 3.05) is 5.32 Å². The highest BCUT2D eigenvalue weighted by molar-refractivity contribution is 6.05. The molecule has 3 aromatic rings. The Bertz CT molecular complexity index is 721. The SMILES string of the molecule is Cc1cc(NC(=O)c2cc3ccccc3[nH]2)n(C)n1. The lowest BCUT2D eigenvalue weighted by molar-refractivity contribution is 0.102. The van der Waals surface area contributed by atoms with E-state index in [-0.39, 0.29) is 5.91 Å². The number of carbonyl (C=O) groups is 1. The molecular formula is C14H14N4O. The fraction of sp³-hybridized carbons (Fsp3) is 0.143. The summed E-state index contributed by atoms with van der Waals surface area (Å²) in [6.45, 7) is 1.89. The minimum Gasteiger partial charge on any atom is -0.351 e. The van der Waals surface area contributed by atoms with E-state index in [0.717, 1.165) is 16.6 Å². The van der Waals surface area contributed by atoms with Crippen molar-refractivity contribution >= 4 is 22.6 Å². The van der Waals surface area contributed by atoms with E-state index >= 15 is 0 Å². The number of fused-ring (bicyclic) bond motifs is 1. The lowest BCUT2D eigenvalue weighted by atomic mass is 10.2. The summed E-state index contributed by atoms with van der Waals surface area (Å²) < 4.78 is 1.65. The number of amides is 1. The van der Waals surface area contributed by atoms with Gasteiger partial charge in [0, 0.05) is 24.0 Å². The Labute approximate surface area is 110 Å². The third kappa shape index (κ3) is 2.10. The predicted molar refractivity (Wildman–Crippen MR) is 74.2 cm³/mol. The molecule has 3 rings (SSSR count). The van der Waals surface area contributed by atoms with Crippen LogP contribution in [-0.4, -0.2) is 20.7 Å². The van der Waals surface area contributed by atoms with Crippen LogP contribution in [0.25, 0.3) is 10.9 Å². The first-order valence-corrected chi connectivity index (χ1v) is 6.03. The Balaban J connectivity index is 1.89. The zero-order chi connectivity index (χ0) is 13.4. The highest BCUT2D eigenvalue weighted by atomic mass is 16.2. The van der Waals surface area contributed by atoms with Gasteiger partial charge in [-0.2, -0.15) is 5.10 Å². The van der Waals surface area contributed by atoms with E-state index in [0.29, 0.717) is 11.5 Å². The highest BCUT2D eigenvalue weighted by Crippen LogP contribution is 2.16. The standard InChI is InChI=1S/C14H14N4O/c1-9-7-13(18(2)17-9)16-14(19)12-8-10-5-3-4-6-11(10)15-12/h3-8,15H,1-2H3,(H,16,19). The predicted octanol–water partition coefficient (Wildman–Crippen LogP) is 2.46.